The van der Waals surface area contributed by atoms with Crippen LogP contribution in [-0.4, -0.2) is 13.1 Å². The Morgan fingerprint density at radius 1 is 1.25 bits per heavy atom. The fourth-order valence-corrected chi connectivity index (χ4v) is 1.92. The molecule has 0 unspecified atom stereocenters. The van der Waals surface area contributed by atoms with Crippen LogP contribution in [0.2, 0.25) is 0 Å². The maximum atomic E-state index is 5.62. The van der Waals surface area contributed by atoms with Crippen LogP contribution in [-0.2, 0) is 0 Å². The first-order chi connectivity index (χ1) is 5.86. The summed E-state index contributed by atoms with van der Waals surface area (Å²) in [5.41, 5.74) is 5.62. The second-order valence-electron chi connectivity index (χ2n) is 3.73. The summed E-state index contributed by atoms with van der Waals surface area (Å²) in [7, 11) is 0. The van der Waals surface area contributed by atoms with Crippen molar-refractivity contribution in [3.8, 4) is 0 Å². The lowest BCUT2D eigenvalue weighted by atomic mass is 9.82. The Bertz CT molecular complexity index is 126. The predicted molar refractivity (Wildman–Crippen MR) is 52.7 cm³/mol. The van der Waals surface area contributed by atoms with E-state index in [1.807, 2.05) is 0 Å². The largest absolute Gasteiger partial charge is 0.391 e. The predicted octanol–water partition coefficient (Wildman–Crippen LogP) is 1.48. The van der Waals surface area contributed by atoms with Crippen LogP contribution < -0.4 is 11.1 Å². The molecule has 0 bridgehead atoms. The number of nitrogens with two attached hydrogens (primary N) is 1. The summed E-state index contributed by atoms with van der Waals surface area (Å²) in [5, 5.41) is 3.18. The number of rotatable bonds is 4. The Hall–Kier alpha value is -0.500. The molecule has 2 heteroatoms. The van der Waals surface area contributed by atoms with Gasteiger partial charge in [-0.15, -0.1) is 0 Å². The van der Waals surface area contributed by atoms with Gasteiger partial charge in [-0.05, 0) is 50.3 Å². The molecule has 0 spiro atoms. The van der Waals surface area contributed by atoms with Crippen molar-refractivity contribution in [3.05, 3.63) is 12.8 Å². The maximum Gasteiger partial charge on any atom is 0.0169 e. The van der Waals surface area contributed by atoms with Gasteiger partial charge < -0.3 is 11.1 Å². The van der Waals surface area contributed by atoms with Gasteiger partial charge in [-0.1, -0.05) is 6.58 Å². The molecule has 0 aromatic carbocycles. The standard InChI is InChI=1S/C10H20N2/c1-2-12-8-10-5-3-9(7-11)4-6-10/h2,9-10,12H,1,3-8,11H2. The number of hydrogen-bond acceptors (Lipinski definition) is 2. The van der Waals surface area contributed by atoms with Crippen LogP contribution in [0.15, 0.2) is 12.8 Å². The Morgan fingerprint density at radius 3 is 2.33 bits per heavy atom. The minimum absolute atomic E-state index is 0.796. The van der Waals surface area contributed by atoms with Gasteiger partial charge >= 0.3 is 0 Å². The van der Waals surface area contributed by atoms with E-state index < -0.39 is 0 Å². The van der Waals surface area contributed by atoms with E-state index in [9.17, 15) is 0 Å². The van der Waals surface area contributed by atoms with Gasteiger partial charge in [0, 0.05) is 6.54 Å². The Balaban J connectivity index is 2.12. The molecule has 3 N–H and O–H groups in total. The van der Waals surface area contributed by atoms with Crippen molar-refractivity contribution in [2.45, 2.75) is 25.7 Å². The van der Waals surface area contributed by atoms with Crippen molar-refractivity contribution in [1.82, 2.24) is 5.32 Å². The summed E-state index contributed by atoms with van der Waals surface area (Å²) in [4.78, 5) is 0. The molecule has 1 aliphatic carbocycles. The van der Waals surface area contributed by atoms with E-state index in [1.54, 1.807) is 6.20 Å². The second-order valence-corrected chi connectivity index (χ2v) is 3.73. The molecule has 0 aliphatic heterocycles. The lowest BCUT2D eigenvalue weighted by Gasteiger charge is -2.27. The Labute approximate surface area is 75.2 Å². The molecule has 0 aromatic heterocycles. The van der Waals surface area contributed by atoms with Crippen molar-refractivity contribution in [1.29, 1.82) is 0 Å². The van der Waals surface area contributed by atoms with E-state index in [0.717, 1.165) is 24.9 Å². The first kappa shape index (κ1) is 9.59. The average molecular weight is 168 g/mol. The summed E-state index contributed by atoms with van der Waals surface area (Å²) in [5.74, 6) is 1.65. The molecule has 0 heterocycles. The first-order valence-electron chi connectivity index (χ1n) is 4.91. The molecule has 0 saturated heterocycles. The molecule has 1 fully saturated rings. The van der Waals surface area contributed by atoms with Gasteiger partial charge in [-0.2, -0.15) is 0 Å². The minimum Gasteiger partial charge on any atom is -0.391 e. The van der Waals surface area contributed by atoms with E-state index in [0.29, 0.717) is 0 Å². The molecule has 0 amide bonds. The zero-order valence-corrected chi connectivity index (χ0v) is 7.76. The number of hydrogen-bond donors (Lipinski definition) is 2. The SMILES string of the molecule is C=CNCC1CCC(CN)CC1. The highest BCUT2D eigenvalue weighted by Crippen LogP contribution is 2.27. The van der Waals surface area contributed by atoms with Gasteiger partial charge in [-0.3, -0.25) is 0 Å². The monoisotopic (exact) mass is 168 g/mol. The highest BCUT2D eigenvalue weighted by Gasteiger charge is 2.19. The van der Waals surface area contributed by atoms with Crippen molar-refractivity contribution >= 4 is 0 Å². The van der Waals surface area contributed by atoms with E-state index >= 15 is 0 Å². The molecule has 1 saturated carbocycles. The average Bonchev–Trinajstić information content (AvgIpc) is 2.15. The van der Waals surface area contributed by atoms with Gasteiger partial charge in [-0.25, -0.2) is 0 Å². The third kappa shape index (κ3) is 2.86. The summed E-state index contributed by atoms with van der Waals surface area (Å²) >= 11 is 0. The molecular formula is C10H20N2. The molecule has 70 valence electrons. The van der Waals surface area contributed by atoms with E-state index in [4.69, 9.17) is 5.73 Å². The van der Waals surface area contributed by atoms with Crippen molar-refractivity contribution in [2.75, 3.05) is 13.1 Å². The second kappa shape index (κ2) is 5.20. The third-order valence-electron chi connectivity index (χ3n) is 2.85. The highest BCUT2D eigenvalue weighted by molar-refractivity contribution is 4.76. The van der Waals surface area contributed by atoms with E-state index in [-0.39, 0.29) is 0 Å². The van der Waals surface area contributed by atoms with Crippen LogP contribution in [0.1, 0.15) is 25.7 Å². The molecule has 0 atom stereocenters. The van der Waals surface area contributed by atoms with Crippen LogP contribution in [0.4, 0.5) is 0 Å². The Kier molecular flexibility index (Phi) is 4.15. The van der Waals surface area contributed by atoms with Crippen molar-refractivity contribution in [2.24, 2.45) is 17.6 Å². The summed E-state index contributed by atoms with van der Waals surface area (Å²) in [6.45, 7) is 5.62. The topological polar surface area (TPSA) is 38.0 Å². The minimum atomic E-state index is 0.796. The van der Waals surface area contributed by atoms with Crippen molar-refractivity contribution < 1.29 is 0 Å². The quantitative estimate of drug-likeness (QED) is 0.667. The first-order valence-corrected chi connectivity index (χ1v) is 4.91. The van der Waals surface area contributed by atoms with Gasteiger partial charge in [0.1, 0.15) is 0 Å². The summed E-state index contributed by atoms with van der Waals surface area (Å²) in [6.07, 6.45) is 7.10. The Morgan fingerprint density at radius 2 is 1.83 bits per heavy atom. The lowest BCUT2D eigenvalue weighted by molar-refractivity contribution is 0.278. The molecule has 0 aromatic rings. The van der Waals surface area contributed by atoms with Crippen LogP contribution in [0.5, 0.6) is 0 Å². The number of nitrogens with one attached hydrogen (secondary N) is 1. The van der Waals surface area contributed by atoms with E-state index in [1.165, 1.54) is 25.7 Å². The van der Waals surface area contributed by atoms with Crippen LogP contribution in [0.3, 0.4) is 0 Å². The smallest absolute Gasteiger partial charge is 0.0169 e. The van der Waals surface area contributed by atoms with Crippen LogP contribution >= 0.6 is 0 Å². The molecule has 12 heavy (non-hydrogen) atoms. The maximum absolute atomic E-state index is 5.62. The van der Waals surface area contributed by atoms with Gasteiger partial charge in [0.05, 0.1) is 0 Å². The third-order valence-corrected chi connectivity index (χ3v) is 2.85. The van der Waals surface area contributed by atoms with E-state index in [2.05, 4.69) is 11.9 Å². The van der Waals surface area contributed by atoms with Gasteiger partial charge in [0.25, 0.3) is 0 Å². The molecule has 2 nitrogen and oxygen atoms in total. The normalized spacial score (nSPS) is 29.8. The molecule has 0 radical (unpaired) electrons. The van der Waals surface area contributed by atoms with Crippen molar-refractivity contribution in [3.63, 3.8) is 0 Å². The molecular weight excluding hydrogens is 148 g/mol. The lowest BCUT2D eigenvalue weighted by Crippen LogP contribution is -2.26. The van der Waals surface area contributed by atoms with Crippen LogP contribution in [0, 0.1) is 11.8 Å². The van der Waals surface area contributed by atoms with Gasteiger partial charge in [0.15, 0.2) is 0 Å². The molecule has 1 rings (SSSR count). The summed E-state index contributed by atoms with van der Waals surface area (Å²) in [6, 6.07) is 0. The zero-order valence-electron chi connectivity index (χ0n) is 7.76. The van der Waals surface area contributed by atoms with Gasteiger partial charge in [0.2, 0.25) is 0 Å². The fraction of sp³-hybridized carbons (Fsp3) is 0.800. The van der Waals surface area contributed by atoms with Crippen LogP contribution in [0.25, 0.3) is 0 Å². The zero-order chi connectivity index (χ0) is 8.81. The highest BCUT2D eigenvalue weighted by atomic mass is 14.8. The molecule has 1 aliphatic rings. The summed E-state index contributed by atoms with van der Waals surface area (Å²) < 4.78 is 0. The fourth-order valence-electron chi connectivity index (χ4n) is 1.92.